The van der Waals surface area contributed by atoms with E-state index in [9.17, 15) is 9.59 Å². The number of thiophene rings is 1. The molecule has 0 unspecified atom stereocenters. The van der Waals surface area contributed by atoms with E-state index in [-0.39, 0.29) is 24.1 Å². The molecule has 0 radical (unpaired) electrons. The Hall–Kier alpha value is -2.93. The van der Waals surface area contributed by atoms with Crippen molar-refractivity contribution in [3.8, 4) is 0 Å². The van der Waals surface area contributed by atoms with E-state index in [1.54, 1.807) is 11.3 Å². The van der Waals surface area contributed by atoms with Gasteiger partial charge in [0.05, 0.1) is 17.8 Å². The fourth-order valence-electron chi connectivity index (χ4n) is 4.02. The van der Waals surface area contributed by atoms with Gasteiger partial charge in [0.15, 0.2) is 0 Å². The summed E-state index contributed by atoms with van der Waals surface area (Å²) < 4.78 is 7.23. The molecule has 4 aromatic rings. The summed E-state index contributed by atoms with van der Waals surface area (Å²) in [6, 6.07) is 9.36. The monoisotopic (exact) mass is 407 g/mol. The van der Waals surface area contributed by atoms with Crippen LogP contribution in [0.3, 0.4) is 0 Å². The van der Waals surface area contributed by atoms with Crippen LogP contribution in [0, 0.1) is 0 Å². The zero-order valence-electron chi connectivity index (χ0n) is 16.1. The number of amides is 1. The predicted octanol–water partition coefficient (Wildman–Crippen LogP) is 3.96. The van der Waals surface area contributed by atoms with Gasteiger partial charge in [-0.05, 0) is 50.3 Å². The summed E-state index contributed by atoms with van der Waals surface area (Å²) in [6.45, 7) is 1.81. The van der Waals surface area contributed by atoms with Gasteiger partial charge in [-0.25, -0.2) is 4.98 Å². The Morgan fingerprint density at radius 3 is 3.00 bits per heavy atom. The lowest BCUT2D eigenvalue weighted by atomic mass is 9.97. The van der Waals surface area contributed by atoms with Gasteiger partial charge >= 0.3 is 0 Å². The highest BCUT2D eigenvalue weighted by atomic mass is 32.1. The standard InChI is InChI=1S/C22H21N3O3S/c1-13(17-10-14-6-2-4-8-16(14)28-17)24-19(26)11-25-12-23-21-20(22(25)27)15-7-3-5-9-18(15)29-21/h2,4,6,8,10,12-13H,3,5,7,9,11H2,1H3,(H,24,26)/t13-/m1/s1. The average molecular weight is 407 g/mol. The molecule has 1 aromatic carbocycles. The van der Waals surface area contributed by atoms with Gasteiger partial charge in [-0.2, -0.15) is 0 Å². The minimum Gasteiger partial charge on any atom is -0.459 e. The van der Waals surface area contributed by atoms with Crippen molar-refractivity contribution in [1.82, 2.24) is 14.9 Å². The number of nitrogens with zero attached hydrogens (tertiary/aromatic N) is 2. The number of fused-ring (bicyclic) bond motifs is 4. The van der Waals surface area contributed by atoms with Crippen LogP contribution in [0.1, 0.15) is 42.0 Å². The number of carbonyl (C=O) groups is 1. The molecule has 0 aliphatic heterocycles. The van der Waals surface area contributed by atoms with E-state index in [2.05, 4.69) is 10.3 Å². The zero-order valence-corrected chi connectivity index (χ0v) is 16.9. The van der Waals surface area contributed by atoms with Crippen molar-refractivity contribution in [2.24, 2.45) is 0 Å². The number of benzene rings is 1. The summed E-state index contributed by atoms with van der Waals surface area (Å²) in [4.78, 5) is 32.1. The highest BCUT2D eigenvalue weighted by molar-refractivity contribution is 7.18. The average Bonchev–Trinajstić information content (AvgIpc) is 3.31. The van der Waals surface area contributed by atoms with Gasteiger partial charge in [0.25, 0.3) is 5.56 Å². The van der Waals surface area contributed by atoms with Gasteiger partial charge in [0.1, 0.15) is 22.7 Å². The molecule has 1 aliphatic carbocycles. The predicted molar refractivity (Wildman–Crippen MR) is 113 cm³/mol. The van der Waals surface area contributed by atoms with Gasteiger partial charge in [-0.1, -0.05) is 18.2 Å². The summed E-state index contributed by atoms with van der Waals surface area (Å²) >= 11 is 1.61. The molecule has 0 saturated heterocycles. The summed E-state index contributed by atoms with van der Waals surface area (Å²) in [5.74, 6) is 0.442. The molecule has 0 fully saturated rings. The number of aryl methyl sites for hydroxylation is 2. The third-order valence-electron chi connectivity index (χ3n) is 5.50. The maximum Gasteiger partial charge on any atom is 0.262 e. The van der Waals surface area contributed by atoms with Crippen molar-refractivity contribution >= 4 is 38.4 Å². The molecule has 1 aliphatic rings. The number of carbonyl (C=O) groups excluding carboxylic acids is 1. The van der Waals surface area contributed by atoms with Crippen molar-refractivity contribution in [1.29, 1.82) is 0 Å². The molecule has 0 spiro atoms. The van der Waals surface area contributed by atoms with Crippen molar-refractivity contribution in [3.63, 3.8) is 0 Å². The summed E-state index contributed by atoms with van der Waals surface area (Å²) in [6.07, 6.45) is 5.69. The normalized spacial score (nSPS) is 14.8. The highest BCUT2D eigenvalue weighted by Crippen LogP contribution is 2.33. The smallest absolute Gasteiger partial charge is 0.262 e. The Balaban J connectivity index is 1.37. The Kier molecular flexibility index (Phi) is 4.47. The van der Waals surface area contributed by atoms with Crippen LogP contribution in [-0.4, -0.2) is 15.5 Å². The van der Waals surface area contributed by atoms with Crippen LogP contribution in [0.15, 0.2) is 45.9 Å². The van der Waals surface area contributed by atoms with Crippen molar-refractivity contribution in [3.05, 3.63) is 63.2 Å². The van der Waals surface area contributed by atoms with E-state index in [0.29, 0.717) is 11.1 Å². The minimum atomic E-state index is -0.295. The number of rotatable bonds is 4. The summed E-state index contributed by atoms with van der Waals surface area (Å²) in [5.41, 5.74) is 1.80. The zero-order chi connectivity index (χ0) is 20.0. The van der Waals surface area contributed by atoms with Crippen LogP contribution in [-0.2, 0) is 24.2 Å². The molecule has 0 saturated carbocycles. The first kappa shape index (κ1) is 18.1. The largest absolute Gasteiger partial charge is 0.459 e. The first-order chi connectivity index (χ1) is 14.1. The second-order valence-corrected chi connectivity index (χ2v) is 8.63. The number of furan rings is 1. The molecule has 6 nitrogen and oxygen atoms in total. The molecule has 3 heterocycles. The third kappa shape index (κ3) is 3.25. The quantitative estimate of drug-likeness (QED) is 0.555. The van der Waals surface area contributed by atoms with E-state index >= 15 is 0 Å². The fourth-order valence-corrected chi connectivity index (χ4v) is 5.24. The second kappa shape index (κ2) is 7.15. The van der Waals surface area contributed by atoms with Crippen LogP contribution in [0.25, 0.3) is 21.2 Å². The van der Waals surface area contributed by atoms with Crippen molar-refractivity contribution in [2.75, 3.05) is 0 Å². The van der Waals surface area contributed by atoms with Crippen molar-refractivity contribution in [2.45, 2.75) is 45.2 Å². The first-order valence-corrected chi connectivity index (χ1v) is 10.7. The maximum atomic E-state index is 13.0. The molecule has 1 N–H and O–H groups in total. The van der Waals surface area contributed by atoms with Gasteiger partial charge in [-0.15, -0.1) is 11.3 Å². The molecular weight excluding hydrogens is 386 g/mol. The van der Waals surface area contributed by atoms with E-state index in [1.165, 1.54) is 15.8 Å². The van der Waals surface area contributed by atoms with Crippen molar-refractivity contribution < 1.29 is 9.21 Å². The maximum absolute atomic E-state index is 13.0. The van der Waals surface area contributed by atoms with Gasteiger partial charge in [0.2, 0.25) is 5.91 Å². The molecule has 5 rings (SSSR count). The summed E-state index contributed by atoms with van der Waals surface area (Å²) in [5, 5.41) is 4.62. The van der Waals surface area contributed by atoms with Crippen LogP contribution < -0.4 is 10.9 Å². The van der Waals surface area contributed by atoms with Gasteiger partial charge in [0, 0.05) is 10.3 Å². The lowest BCUT2D eigenvalue weighted by Crippen LogP contribution is -2.33. The Labute approximate surface area is 171 Å². The van der Waals surface area contributed by atoms with Crippen LogP contribution >= 0.6 is 11.3 Å². The Morgan fingerprint density at radius 1 is 1.31 bits per heavy atom. The number of para-hydroxylation sites is 1. The number of hydrogen-bond acceptors (Lipinski definition) is 5. The van der Waals surface area contributed by atoms with E-state index in [4.69, 9.17) is 4.42 Å². The molecule has 1 atom stereocenters. The van der Waals surface area contributed by atoms with E-state index in [0.717, 1.165) is 47.0 Å². The number of hydrogen-bond donors (Lipinski definition) is 1. The Morgan fingerprint density at radius 2 is 2.14 bits per heavy atom. The Bertz CT molecular complexity index is 1250. The molecule has 1 amide bonds. The van der Waals surface area contributed by atoms with Gasteiger partial charge in [-0.3, -0.25) is 14.2 Å². The second-order valence-electron chi connectivity index (χ2n) is 7.54. The number of aromatic nitrogens is 2. The van der Waals surface area contributed by atoms with E-state index < -0.39 is 0 Å². The fraction of sp³-hybridized carbons (Fsp3) is 0.318. The van der Waals surface area contributed by atoms with Gasteiger partial charge < -0.3 is 9.73 Å². The third-order valence-corrected chi connectivity index (χ3v) is 6.70. The summed E-state index contributed by atoms with van der Waals surface area (Å²) in [7, 11) is 0. The molecular formula is C22H21N3O3S. The minimum absolute atomic E-state index is 0.0586. The lowest BCUT2D eigenvalue weighted by Gasteiger charge is -2.13. The molecule has 3 aromatic heterocycles. The molecule has 148 valence electrons. The van der Waals surface area contributed by atoms with E-state index in [1.807, 2.05) is 37.3 Å². The molecule has 29 heavy (non-hydrogen) atoms. The topological polar surface area (TPSA) is 77.1 Å². The van der Waals surface area contributed by atoms with Crippen LogP contribution in [0.2, 0.25) is 0 Å². The number of nitrogens with one attached hydrogen (secondary N) is 1. The lowest BCUT2D eigenvalue weighted by molar-refractivity contribution is -0.122. The van der Waals surface area contributed by atoms with Crippen LogP contribution in [0.5, 0.6) is 0 Å². The SMILES string of the molecule is C[C@@H](NC(=O)Cn1cnc2sc3c(c2c1=O)CCCC3)c1cc2ccccc2o1. The first-order valence-electron chi connectivity index (χ1n) is 9.87. The van der Waals surface area contributed by atoms with Crippen LogP contribution in [0.4, 0.5) is 0 Å². The highest BCUT2D eigenvalue weighted by Gasteiger charge is 2.21. The molecule has 7 heteroatoms. The molecule has 0 bridgehead atoms.